The van der Waals surface area contributed by atoms with E-state index in [1.54, 1.807) is 14.1 Å². The Morgan fingerprint density at radius 3 is 2.56 bits per heavy atom. The molecule has 0 saturated heterocycles. The number of primary sulfonamides is 1. The number of aryl methyl sites for hydroxylation is 1. The minimum Gasteiger partial charge on any atom is -0.340 e. The van der Waals surface area contributed by atoms with E-state index in [0.717, 1.165) is 0 Å². The molecule has 90 valence electrons. The summed E-state index contributed by atoms with van der Waals surface area (Å²) in [5.41, 5.74) is 0.599. The molecular formula is C8H14N4O3S. The topological polar surface area (TPSA) is 98.3 Å². The molecule has 0 aromatic carbocycles. The summed E-state index contributed by atoms with van der Waals surface area (Å²) >= 11 is 0. The summed E-state index contributed by atoms with van der Waals surface area (Å²) in [7, 11) is -0.584. The first kappa shape index (κ1) is 12.7. The first-order valence-electron chi connectivity index (χ1n) is 4.49. The van der Waals surface area contributed by atoms with Crippen molar-refractivity contribution in [3.05, 3.63) is 11.8 Å². The average molecular weight is 246 g/mol. The molecule has 0 bridgehead atoms. The van der Waals surface area contributed by atoms with Gasteiger partial charge < -0.3 is 4.90 Å². The summed E-state index contributed by atoms with van der Waals surface area (Å²) in [6, 6.07) is 1.36. The van der Waals surface area contributed by atoms with Crippen LogP contribution in [0.5, 0.6) is 0 Å². The Bertz CT molecular complexity index is 505. The summed E-state index contributed by atoms with van der Waals surface area (Å²) in [5.74, 6) is -0.113. The van der Waals surface area contributed by atoms with Gasteiger partial charge in [-0.3, -0.25) is 9.48 Å². The second-order valence-corrected chi connectivity index (χ2v) is 5.03. The van der Waals surface area contributed by atoms with Crippen molar-refractivity contribution < 1.29 is 13.2 Å². The average Bonchev–Trinajstić information content (AvgIpc) is 2.47. The lowest BCUT2D eigenvalue weighted by atomic mass is 10.4. The molecule has 7 nitrogen and oxygen atoms in total. The molecule has 1 heterocycles. The van der Waals surface area contributed by atoms with Crippen molar-refractivity contribution in [2.24, 2.45) is 12.2 Å². The van der Waals surface area contributed by atoms with Crippen LogP contribution in [0.15, 0.2) is 11.1 Å². The smallest absolute Gasteiger partial charge is 0.257 e. The van der Waals surface area contributed by atoms with Gasteiger partial charge in [-0.15, -0.1) is 0 Å². The fourth-order valence-electron chi connectivity index (χ4n) is 1.12. The Hall–Kier alpha value is -1.41. The Morgan fingerprint density at radius 1 is 1.62 bits per heavy atom. The number of carbonyl (C=O) groups excluding carboxylic acids is 1. The molecule has 0 radical (unpaired) electrons. The van der Waals surface area contributed by atoms with Gasteiger partial charge in [-0.1, -0.05) is 0 Å². The van der Waals surface area contributed by atoms with Crippen LogP contribution in [-0.4, -0.2) is 36.1 Å². The summed E-state index contributed by atoms with van der Waals surface area (Å²) in [6.07, 6.45) is 0. The second kappa shape index (κ2) is 4.22. The number of amides is 1. The van der Waals surface area contributed by atoms with Gasteiger partial charge in [0.25, 0.3) is 10.0 Å². The number of hydrogen-bond donors (Lipinski definition) is 1. The Kier molecular flexibility index (Phi) is 3.34. The Labute approximate surface area is 93.9 Å². The SMILES string of the molecule is CC(=O)N(C)Cc1cc(S(N)(=O)=O)nn1C. The minimum absolute atomic E-state index is 0.113. The summed E-state index contributed by atoms with van der Waals surface area (Å²) in [5, 5.41) is 8.51. The van der Waals surface area contributed by atoms with E-state index < -0.39 is 10.0 Å². The van der Waals surface area contributed by atoms with Crippen molar-refractivity contribution in [1.29, 1.82) is 0 Å². The van der Waals surface area contributed by atoms with E-state index in [0.29, 0.717) is 5.69 Å². The summed E-state index contributed by atoms with van der Waals surface area (Å²) in [6.45, 7) is 1.71. The van der Waals surface area contributed by atoms with Crippen LogP contribution in [0.2, 0.25) is 0 Å². The van der Waals surface area contributed by atoms with Crippen LogP contribution in [-0.2, 0) is 28.4 Å². The Morgan fingerprint density at radius 2 is 2.19 bits per heavy atom. The normalized spacial score (nSPS) is 11.5. The lowest BCUT2D eigenvalue weighted by Crippen LogP contribution is -2.24. The molecule has 0 spiro atoms. The van der Waals surface area contributed by atoms with Crippen molar-refractivity contribution in [3.8, 4) is 0 Å². The minimum atomic E-state index is -3.80. The first-order chi connectivity index (χ1) is 7.21. The fraction of sp³-hybridized carbons (Fsp3) is 0.500. The highest BCUT2D eigenvalue weighted by Crippen LogP contribution is 2.09. The van der Waals surface area contributed by atoms with Crippen LogP contribution < -0.4 is 5.14 Å². The molecule has 8 heteroatoms. The van der Waals surface area contributed by atoms with E-state index in [1.165, 1.54) is 22.6 Å². The van der Waals surface area contributed by atoms with Crippen molar-refractivity contribution in [2.75, 3.05) is 7.05 Å². The van der Waals surface area contributed by atoms with Crippen molar-refractivity contribution in [2.45, 2.75) is 18.5 Å². The predicted molar refractivity (Wildman–Crippen MR) is 56.7 cm³/mol. The lowest BCUT2D eigenvalue weighted by molar-refractivity contribution is -0.128. The fourth-order valence-corrected chi connectivity index (χ4v) is 1.65. The second-order valence-electron chi connectivity index (χ2n) is 3.52. The maximum absolute atomic E-state index is 11.0. The van der Waals surface area contributed by atoms with Crippen molar-refractivity contribution in [3.63, 3.8) is 0 Å². The molecule has 0 atom stereocenters. The molecule has 1 rings (SSSR count). The van der Waals surface area contributed by atoms with Crippen LogP contribution in [0.3, 0.4) is 0 Å². The number of sulfonamides is 1. The van der Waals surface area contributed by atoms with E-state index >= 15 is 0 Å². The van der Waals surface area contributed by atoms with Gasteiger partial charge in [-0.2, -0.15) is 5.10 Å². The molecule has 1 aromatic rings. The van der Waals surface area contributed by atoms with E-state index in [9.17, 15) is 13.2 Å². The van der Waals surface area contributed by atoms with Gasteiger partial charge in [0, 0.05) is 27.1 Å². The Balaban J connectivity index is 3.00. The van der Waals surface area contributed by atoms with E-state index in [1.807, 2.05) is 0 Å². The van der Waals surface area contributed by atoms with Gasteiger partial charge in [-0.05, 0) is 0 Å². The zero-order valence-electron chi connectivity index (χ0n) is 9.34. The molecule has 0 aliphatic heterocycles. The van der Waals surface area contributed by atoms with Gasteiger partial charge >= 0.3 is 0 Å². The van der Waals surface area contributed by atoms with Crippen LogP contribution in [0, 0.1) is 0 Å². The van der Waals surface area contributed by atoms with E-state index in [2.05, 4.69) is 5.10 Å². The lowest BCUT2D eigenvalue weighted by Gasteiger charge is -2.14. The van der Waals surface area contributed by atoms with Gasteiger partial charge in [0.15, 0.2) is 5.03 Å². The number of nitrogens with two attached hydrogens (primary N) is 1. The van der Waals surface area contributed by atoms with E-state index in [-0.39, 0.29) is 17.5 Å². The van der Waals surface area contributed by atoms with Gasteiger partial charge in [0.05, 0.1) is 12.2 Å². The standard InChI is InChI=1S/C8H14N4O3S/c1-6(13)11(2)5-7-4-8(10-12(7)3)16(9,14)15/h4H,5H2,1-3H3,(H2,9,14,15). The predicted octanol–water partition coefficient (Wildman–Crippen LogP) is -0.954. The summed E-state index contributed by atoms with van der Waals surface area (Å²) in [4.78, 5) is 12.5. The summed E-state index contributed by atoms with van der Waals surface area (Å²) < 4.78 is 23.5. The van der Waals surface area contributed by atoms with Gasteiger partial charge in [0.1, 0.15) is 0 Å². The highest BCUT2D eigenvalue weighted by molar-refractivity contribution is 7.89. The molecule has 0 aliphatic carbocycles. The molecule has 0 aliphatic rings. The van der Waals surface area contributed by atoms with Gasteiger partial charge in [-0.25, -0.2) is 13.6 Å². The third-order valence-corrected chi connectivity index (χ3v) is 2.97. The van der Waals surface area contributed by atoms with Crippen molar-refractivity contribution in [1.82, 2.24) is 14.7 Å². The first-order valence-corrected chi connectivity index (χ1v) is 6.04. The number of hydrogen-bond acceptors (Lipinski definition) is 4. The van der Waals surface area contributed by atoms with Crippen LogP contribution in [0.4, 0.5) is 0 Å². The quantitative estimate of drug-likeness (QED) is 0.743. The van der Waals surface area contributed by atoms with Crippen LogP contribution in [0.25, 0.3) is 0 Å². The number of carbonyl (C=O) groups is 1. The molecule has 2 N–H and O–H groups in total. The molecule has 0 saturated carbocycles. The van der Waals surface area contributed by atoms with Crippen LogP contribution in [0.1, 0.15) is 12.6 Å². The van der Waals surface area contributed by atoms with Crippen molar-refractivity contribution >= 4 is 15.9 Å². The maximum atomic E-state index is 11.0. The van der Waals surface area contributed by atoms with Crippen LogP contribution >= 0.6 is 0 Å². The number of aromatic nitrogens is 2. The van der Waals surface area contributed by atoms with Gasteiger partial charge in [0.2, 0.25) is 5.91 Å². The largest absolute Gasteiger partial charge is 0.340 e. The molecule has 0 fully saturated rings. The third-order valence-electron chi connectivity index (χ3n) is 2.18. The zero-order chi connectivity index (χ0) is 12.5. The zero-order valence-corrected chi connectivity index (χ0v) is 10.2. The van der Waals surface area contributed by atoms with E-state index in [4.69, 9.17) is 5.14 Å². The number of nitrogens with zero attached hydrogens (tertiary/aromatic N) is 3. The molecule has 16 heavy (non-hydrogen) atoms. The highest BCUT2D eigenvalue weighted by atomic mass is 32.2. The molecular weight excluding hydrogens is 232 g/mol. The molecule has 1 aromatic heterocycles. The molecule has 0 unspecified atom stereocenters. The maximum Gasteiger partial charge on any atom is 0.257 e. The monoisotopic (exact) mass is 246 g/mol. The highest BCUT2D eigenvalue weighted by Gasteiger charge is 2.16. The number of rotatable bonds is 3. The third kappa shape index (κ3) is 2.80. The molecule has 1 amide bonds.